The van der Waals surface area contributed by atoms with Gasteiger partial charge in [-0.2, -0.15) is 5.26 Å². The lowest BCUT2D eigenvalue weighted by Gasteiger charge is -2.06. The molecule has 0 amide bonds. The Labute approximate surface area is 104 Å². The van der Waals surface area contributed by atoms with Crippen molar-refractivity contribution >= 4 is 11.6 Å². The van der Waals surface area contributed by atoms with Crippen molar-refractivity contribution in [3.8, 4) is 17.2 Å². The van der Waals surface area contributed by atoms with E-state index >= 15 is 0 Å². The Morgan fingerprint density at radius 3 is 2.65 bits per heavy atom. The van der Waals surface area contributed by atoms with Crippen LogP contribution in [0.3, 0.4) is 0 Å². The van der Waals surface area contributed by atoms with Crippen molar-refractivity contribution < 1.29 is 4.39 Å². The fraction of sp³-hybridized carbons (Fsp3) is 0.0714. The zero-order chi connectivity index (χ0) is 12.4. The van der Waals surface area contributed by atoms with Gasteiger partial charge in [0.15, 0.2) is 0 Å². The highest BCUT2D eigenvalue weighted by Crippen LogP contribution is 2.28. The molecule has 2 aromatic carbocycles. The van der Waals surface area contributed by atoms with Crippen LogP contribution < -0.4 is 0 Å². The molecule has 3 heteroatoms. The summed E-state index contributed by atoms with van der Waals surface area (Å²) >= 11 is 6.02. The quantitative estimate of drug-likeness (QED) is 0.734. The standard InChI is InChI=1S/C14H9ClFN/c1-9-5-6-10(7-13(9)15)11-3-2-4-14(16)12(11)8-17/h2-7H,1H3. The summed E-state index contributed by atoms with van der Waals surface area (Å²) in [5, 5.41) is 9.57. The lowest BCUT2D eigenvalue weighted by atomic mass is 9.99. The molecular weight excluding hydrogens is 237 g/mol. The third-order valence-electron chi connectivity index (χ3n) is 2.61. The summed E-state index contributed by atoms with van der Waals surface area (Å²) < 4.78 is 13.5. The van der Waals surface area contributed by atoms with E-state index in [1.54, 1.807) is 18.2 Å². The van der Waals surface area contributed by atoms with Gasteiger partial charge in [-0.25, -0.2) is 4.39 Å². The first kappa shape index (κ1) is 11.6. The molecule has 0 radical (unpaired) electrons. The predicted octanol–water partition coefficient (Wildman–Crippen LogP) is 4.33. The SMILES string of the molecule is Cc1ccc(-c2cccc(F)c2C#N)cc1Cl. The molecule has 0 atom stereocenters. The van der Waals surface area contributed by atoms with Crippen molar-refractivity contribution in [2.24, 2.45) is 0 Å². The molecule has 0 aromatic heterocycles. The Balaban J connectivity index is 2.65. The Morgan fingerprint density at radius 2 is 2.00 bits per heavy atom. The van der Waals surface area contributed by atoms with E-state index in [1.165, 1.54) is 6.07 Å². The van der Waals surface area contributed by atoms with E-state index in [2.05, 4.69) is 0 Å². The minimum atomic E-state index is -0.512. The molecule has 2 rings (SSSR count). The molecular formula is C14H9ClFN. The maximum atomic E-state index is 13.5. The monoisotopic (exact) mass is 245 g/mol. The summed E-state index contributed by atoms with van der Waals surface area (Å²) in [5.74, 6) is -0.512. The van der Waals surface area contributed by atoms with E-state index in [0.717, 1.165) is 11.1 Å². The molecule has 0 unspecified atom stereocenters. The van der Waals surface area contributed by atoms with Gasteiger partial charge in [-0.1, -0.05) is 35.9 Å². The van der Waals surface area contributed by atoms with E-state index in [4.69, 9.17) is 16.9 Å². The highest BCUT2D eigenvalue weighted by Gasteiger charge is 2.10. The summed E-state index contributed by atoms with van der Waals surface area (Å²) in [5.41, 5.74) is 2.31. The predicted molar refractivity (Wildman–Crippen MR) is 66.3 cm³/mol. The Kier molecular flexibility index (Phi) is 3.12. The molecule has 0 fully saturated rings. The second kappa shape index (κ2) is 4.57. The number of halogens is 2. The number of hydrogen-bond acceptors (Lipinski definition) is 1. The van der Waals surface area contributed by atoms with Gasteiger partial charge in [-0.15, -0.1) is 0 Å². The van der Waals surface area contributed by atoms with Crippen LogP contribution in [0.1, 0.15) is 11.1 Å². The summed E-state index contributed by atoms with van der Waals surface area (Å²) in [6.45, 7) is 1.89. The molecule has 0 spiro atoms. The molecule has 0 saturated carbocycles. The zero-order valence-electron chi connectivity index (χ0n) is 9.17. The number of hydrogen-bond donors (Lipinski definition) is 0. The third kappa shape index (κ3) is 2.15. The van der Waals surface area contributed by atoms with Crippen LogP contribution in [-0.2, 0) is 0 Å². The molecule has 0 heterocycles. The maximum Gasteiger partial charge on any atom is 0.141 e. The number of benzene rings is 2. The van der Waals surface area contributed by atoms with E-state index in [9.17, 15) is 4.39 Å². The second-order valence-corrected chi connectivity index (χ2v) is 4.15. The average molecular weight is 246 g/mol. The molecule has 0 aliphatic carbocycles. The first-order valence-corrected chi connectivity index (χ1v) is 5.46. The molecule has 84 valence electrons. The van der Waals surface area contributed by atoms with Gasteiger partial charge in [0, 0.05) is 10.6 Å². The fourth-order valence-electron chi connectivity index (χ4n) is 1.64. The minimum Gasteiger partial charge on any atom is -0.206 e. The van der Waals surface area contributed by atoms with Gasteiger partial charge in [0.2, 0.25) is 0 Å². The van der Waals surface area contributed by atoms with Crippen LogP contribution in [0, 0.1) is 24.1 Å². The molecule has 1 nitrogen and oxygen atoms in total. The van der Waals surface area contributed by atoms with Crippen molar-refractivity contribution in [2.75, 3.05) is 0 Å². The Bertz CT molecular complexity index is 614. The minimum absolute atomic E-state index is 0.0485. The Hall–Kier alpha value is -1.85. The van der Waals surface area contributed by atoms with Crippen LogP contribution in [-0.4, -0.2) is 0 Å². The van der Waals surface area contributed by atoms with E-state index in [0.29, 0.717) is 10.6 Å². The van der Waals surface area contributed by atoms with Crippen LogP contribution in [0.4, 0.5) is 4.39 Å². The van der Waals surface area contributed by atoms with Crippen molar-refractivity contribution in [3.05, 3.63) is 58.4 Å². The zero-order valence-corrected chi connectivity index (χ0v) is 9.92. The van der Waals surface area contributed by atoms with Gasteiger partial charge < -0.3 is 0 Å². The number of nitriles is 1. The van der Waals surface area contributed by atoms with Gasteiger partial charge in [0.05, 0.1) is 5.56 Å². The number of nitrogens with zero attached hydrogens (tertiary/aromatic N) is 1. The van der Waals surface area contributed by atoms with Crippen LogP contribution in [0.15, 0.2) is 36.4 Å². The van der Waals surface area contributed by atoms with Crippen molar-refractivity contribution in [3.63, 3.8) is 0 Å². The lowest BCUT2D eigenvalue weighted by Crippen LogP contribution is -1.89. The van der Waals surface area contributed by atoms with Gasteiger partial charge in [-0.3, -0.25) is 0 Å². The normalized spacial score (nSPS) is 10.0. The molecule has 0 bridgehead atoms. The molecule has 0 aliphatic rings. The molecule has 0 saturated heterocycles. The van der Waals surface area contributed by atoms with Crippen molar-refractivity contribution in [1.29, 1.82) is 5.26 Å². The van der Waals surface area contributed by atoms with E-state index < -0.39 is 5.82 Å². The number of aryl methyl sites for hydroxylation is 1. The van der Waals surface area contributed by atoms with Crippen LogP contribution >= 0.6 is 11.6 Å². The topological polar surface area (TPSA) is 23.8 Å². The highest BCUT2D eigenvalue weighted by atomic mass is 35.5. The van der Waals surface area contributed by atoms with E-state index in [-0.39, 0.29) is 5.56 Å². The van der Waals surface area contributed by atoms with Crippen LogP contribution in [0.2, 0.25) is 5.02 Å². The van der Waals surface area contributed by atoms with Gasteiger partial charge in [0.1, 0.15) is 11.9 Å². The first-order chi connectivity index (χ1) is 8.13. The van der Waals surface area contributed by atoms with Gasteiger partial charge in [-0.05, 0) is 30.2 Å². The average Bonchev–Trinajstić information content (AvgIpc) is 2.32. The summed E-state index contributed by atoms with van der Waals surface area (Å²) in [4.78, 5) is 0. The van der Waals surface area contributed by atoms with Gasteiger partial charge >= 0.3 is 0 Å². The summed E-state index contributed by atoms with van der Waals surface area (Å²) in [6, 6.07) is 11.9. The van der Waals surface area contributed by atoms with Crippen LogP contribution in [0.25, 0.3) is 11.1 Å². The molecule has 2 aromatic rings. The first-order valence-electron chi connectivity index (χ1n) is 5.08. The second-order valence-electron chi connectivity index (χ2n) is 3.74. The van der Waals surface area contributed by atoms with Crippen LogP contribution in [0.5, 0.6) is 0 Å². The van der Waals surface area contributed by atoms with Crippen molar-refractivity contribution in [1.82, 2.24) is 0 Å². The largest absolute Gasteiger partial charge is 0.206 e. The number of rotatable bonds is 1. The smallest absolute Gasteiger partial charge is 0.141 e. The fourth-order valence-corrected chi connectivity index (χ4v) is 1.82. The third-order valence-corrected chi connectivity index (χ3v) is 3.02. The molecule has 0 aliphatic heterocycles. The Morgan fingerprint density at radius 1 is 1.24 bits per heavy atom. The lowest BCUT2D eigenvalue weighted by molar-refractivity contribution is 0.624. The molecule has 0 N–H and O–H groups in total. The van der Waals surface area contributed by atoms with E-state index in [1.807, 2.05) is 25.1 Å². The van der Waals surface area contributed by atoms with Gasteiger partial charge in [0.25, 0.3) is 0 Å². The maximum absolute atomic E-state index is 13.5. The van der Waals surface area contributed by atoms with Crippen molar-refractivity contribution in [2.45, 2.75) is 6.92 Å². The highest BCUT2D eigenvalue weighted by molar-refractivity contribution is 6.31. The summed E-state index contributed by atoms with van der Waals surface area (Å²) in [7, 11) is 0. The summed E-state index contributed by atoms with van der Waals surface area (Å²) in [6.07, 6.45) is 0. The molecule has 17 heavy (non-hydrogen) atoms.